The van der Waals surface area contributed by atoms with Crippen LogP contribution in [0.2, 0.25) is 0 Å². The van der Waals surface area contributed by atoms with Crippen LogP contribution < -0.4 is 51.4 Å². The fourth-order valence-corrected chi connectivity index (χ4v) is 1.99. The molecule has 0 unspecified atom stereocenters. The molecular formula is C7H7IKNO2S. The number of halogens is 1. The second-order valence-corrected chi connectivity index (χ2v) is 5.10. The molecule has 0 aliphatic carbocycles. The Bertz CT molecular complexity index is 363. The third-order valence-electron chi connectivity index (χ3n) is 1.41. The minimum absolute atomic E-state index is 0. The quantitative estimate of drug-likeness (QED) is 0.536. The summed E-state index contributed by atoms with van der Waals surface area (Å²) in [4.78, 5) is 0.238. The van der Waals surface area contributed by atoms with Gasteiger partial charge in [-0.2, -0.15) is 0 Å². The van der Waals surface area contributed by atoms with E-state index in [9.17, 15) is 8.42 Å². The van der Waals surface area contributed by atoms with Crippen LogP contribution in [0.15, 0.2) is 29.2 Å². The minimum atomic E-state index is -3.40. The van der Waals surface area contributed by atoms with Crippen molar-refractivity contribution in [2.75, 3.05) is 0 Å². The molecule has 1 rings (SSSR count). The summed E-state index contributed by atoms with van der Waals surface area (Å²) < 4.78 is 25.5. The fourth-order valence-electron chi connectivity index (χ4n) is 0.750. The van der Waals surface area contributed by atoms with Crippen molar-refractivity contribution in [2.24, 2.45) is 0 Å². The van der Waals surface area contributed by atoms with E-state index in [0.717, 1.165) is 5.56 Å². The Hall–Kier alpha value is 1.50. The molecule has 0 aromatic heterocycles. The van der Waals surface area contributed by atoms with E-state index in [1.807, 2.05) is 6.92 Å². The molecule has 0 radical (unpaired) electrons. The van der Waals surface area contributed by atoms with Gasteiger partial charge in [-0.1, -0.05) is 17.7 Å². The standard InChI is InChI=1S/C7H7INO2S.K/c1-6-2-4-7(5-3-6)12(10,11)9-8;/h2-5H,1H3;/q-1;+1. The molecule has 0 saturated carbocycles. The number of sulfonamides is 1. The van der Waals surface area contributed by atoms with E-state index in [-0.39, 0.29) is 56.3 Å². The predicted octanol–water partition coefficient (Wildman–Crippen LogP) is -0.589. The number of hydrogen-bond acceptors (Lipinski definition) is 2. The van der Waals surface area contributed by atoms with E-state index in [0.29, 0.717) is 0 Å². The maximum Gasteiger partial charge on any atom is 1.00 e. The first-order chi connectivity index (χ1) is 5.56. The van der Waals surface area contributed by atoms with Crippen LogP contribution in [-0.4, -0.2) is 8.42 Å². The van der Waals surface area contributed by atoms with Gasteiger partial charge in [-0.3, -0.25) is 0 Å². The molecule has 0 bridgehead atoms. The van der Waals surface area contributed by atoms with Crippen molar-refractivity contribution in [1.82, 2.24) is 0 Å². The van der Waals surface area contributed by atoms with Gasteiger partial charge in [-0.05, 0) is 19.1 Å². The number of rotatable bonds is 2. The molecule has 1 aromatic rings. The van der Waals surface area contributed by atoms with Crippen LogP contribution in [0.4, 0.5) is 0 Å². The van der Waals surface area contributed by atoms with E-state index in [1.54, 1.807) is 24.3 Å². The molecule has 0 fully saturated rings. The number of benzene rings is 1. The topological polar surface area (TPSA) is 48.2 Å². The van der Waals surface area contributed by atoms with Gasteiger partial charge in [-0.15, -0.1) is 0 Å². The van der Waals surface area contributed by atoms with Crippen molar-refractivity contribution < 1.29 is 59.8 Å². The molecule has 0 spiro atoms. The molecule has 0 heterocycles. The summed E-state index contributed by atoms with van der Waals surface area (Å²) in [6.45, 7) is 1.90. The zero-order valence-corrected chi connectivity index (χ0v) is 13.5. The van der Waals surface area contributed by atoms with Gasteiger partial charge in [0.2, 0.25) is 0 Å². The second kappa shape index (κ2) is 6.16. The van der Waals surface area contributed by atoms with Crippen molar-refractivity contribution in [3.8, 4) is 0 Å². The summed E-state index contributed by atoms with van der Waals surface area (Å²) >= 11 is 1.48. The molecule has 0 N–H and O–H groups in total. The Morgan fingerprint density at radius 3 is 2.08 bits per heavy atom. The van der Waals surface area contributed by atoms with E-state index < -0.39 is 10.0 Å². The van der Waals surface area contributed by atoms with Gasteiger partial charge in [-0.25, -0.2) is 31.3 Å². The Morgan fingerprint density at radius 2 is 1.69 bits per heavy atom. The maximum absolute atomic E-state index is 11.1. The Labute approximate surface area is 135 Å². The van der Waals surface area contributed by atoms with Crippen LogP contribution in [0.25, 0.3) is 2.94 Å². The summed E-state index contributed by atoms with van der Waals surface area (Å²) in [6, 6.07) is 6.59. The van der Waals surface area contributed by atoms with Crippen LogP contribution in [0.1, 0.15) is 5.56 Å². The van der Waals surface area contributed by atoms with Crippen LogP contribution in [0.5, 0.6) is 0 Å². The largest absolute Gasteiger partial charge is 1.00 e. The van der Waals surface area contributed by atoms with E-state index in [1.165, 1.54) is 22.9 Å². The van der Waals surface area contributed by atoms with E-state index in [4.69, 9.17) is 0 Å². The van der Waals surface area contributed by atoms with E-state index >= 15 is 0 Å². The molecule has 0 saturated heterocycles. The van der Waals surface area contributed by atoms with Crippen LogP contribution in [0.3, 0.4) is 0 Å². The van der Waals surface area contributed by atoms with Crippen molar-refractivity contribution in [1.29, 1.82) is 0 Å². The van der Waals surface area contributed by atoms with Gasteiger partial charge >= 0.3 is 51.4 Å². The van der Waals surface area contributed by atoms with Gasteiger partial charge < -0.3 is 2.94 Å². The first-order valence-corrected chi connectivity index (χ1v) is 5.62. The summed E-state index contributed by atoms with van der Waals surface area (Å²) in [5.74, 6) is 0. The second-order valence-electron chi connectivity index (χ2n) is 2.36. The molecule has 0 atom stereocenters. The van der Waals surface area contributed by atoms with E-state index in [2.05, 4.69) is 2.94 Å². The average Bonchev–Trinajstić information content (AvgIpc) is 2.05. The van der Waals surface area contributed by atoms with Crippen LogP contribution in [0, 0.1) is 6.92 Å². The smallest absolute Gasteiger partial charge is 0.484 e. The minimum Gasteiger partial charge on any atom is -0.484 e. The van der Waals surface area contributed by atoms with Crippen molar-refractivity contribution in [2.45, 2.75) is 11.8 Å². The maximum atomic E-state index is 11.1. The van der Waals surface area contributed by atoms with Crippen molar-refractivity contribution in [3.63, 3.8) is 0 Å². The third kappa shape index (κ3) is 4.25. The van der Waals surface area contributed by atoms with Crippen LogP contribution in [-0.2, 0) is 10.0 Å². The molecule has 13 heavy (non-hydrogen) atoms. The zero-order valence-electron chi connectivity index (χ0n) is 7.36. The summed E-state index contributed by atoms with van der Waals surface area (Å²) in [7, 11) is -3.40. The Balaban J connectivity index is 0.00000144. The summed E-state index contributed by atoms with van der Waals surface area (Å²) in [6.07, 6.45) is 0. The predicted molar refractivity (Wildman–Crippen MR) is 55.7 cm³/mol. The van der Waals surface area contributed by atoms with Gasteiger partial charge in [0.05, 0.1) is 0 Å². The number of aryl methyl sites for hydroxylation is 1. The van der Waals surface area contributed by atoms with Gasteiger partial charge in [0.1, 0.15) is 10.0 Å². The SMILES string of the molecule is Cc1ccc(S(=O)(=O)[N-]I)cc1.[K+]. The first-order valence-electron chi connectivity index (χ1n) is 3.21. The zero-order chi connectivity index (χ0) is 9.19. The summed E-state index contributed by atoms with van der Waals surface area (Å²) in [5, 5.41) is 0. The average molecular weight is 335 g/mol. The fraction of sp³-hybridized carbons (Fsp3) is 0.143. The van der Waals surface area contributed by atoms with Crippen molar-refractivity contribution in [3.05, 3.63) is 32.8 Å². The number of hydrogen-bond donors (Lipinski definition) is 0. The number of nitrogens with zero attached hydrogens (tertiary/aromatic N) is 1. The van der Waals surface area contributed by atoms with Gasteiger partial charge in [0, 0.05) is 4.90 Å². The molecule has 3 nitrogen and oxygen atoms in total. The molecule has 1 aromatic carbocycles. The normalized spacial score (nSPS) is 10.6. The molecule has 66 valence electrons. The molecule has 6 heteroatoms. The third-order valence-corrected chi connectivity index (χ3v) is 4.01. The molecule has 0 amide bonds. The Kier molecular flexibility index (Phi) is 6.87. The monoisotopic (exact) mass is 335 g/mol. The Morgan fingerprint density at radius 1 is 1.23 bits per heavy atom. The van der Waals surface area contributed by atoms with Crippen molar-refractivity contribution >= 4 is 32.9 Å². The van der Waals surface area contributed by atoms with Gasteiger partial charge in [0.15, 0.2) is 0 Å². The first kappa shape index (κ1) is 14.5. The molecular weight excluding hydrogens is 328 g/mol. The van der Waals surface area contributed by atoms with Gasteiger partial charge in [0.25, 0.3) is 0 Å². The van der Waals surface area contributed by atoms with Crippen LogP contribution >= 0.6 is 22.9 Å². The summed E-state index contributed by atoms with van der Waals surface area (Å²) in [5.41, 5.74) is 1.03. The molecule has 0 aliphatic heterocycles. The molecule has 0 aliphatic rings.